The number of carbonyl (C=O) groups is 1. The van der Waals surface area contributed by atoms with Gasteiger partial charge in [-0.2, -0.15) is 0 Å². The normalized spacial score (nSPS) is 22.7. The standard InChI is InChI=1S/C29H36N4O.2ClH/c30-16-6-12-29(25-8-2-1-3-9-25)11-4-10-26(21-29)32-18-13-28(14-19-32)15-20-33(27(28)34)23-24-7-5-17-31-22-24;;/h1-5,7-11,17,22H,6,12-16,18-21,23,30H2;2*1H. The maximum absolute atomic E-state index is 13.4. The number of halogens is 2. The minimum atomic E-state index is -0.181. The zero-order chi connectivity index (χ0) is 23.4. The molecule has 36 heavy (non-hydrogen) atoms. The molecular weight excluding hydrogens is 491 g/mol. The molecule has 5 nitrogen and oxygen atoms in total. The number of allylic oxidation sites excluding steroid dienone is 4. The van der Waals surface area contributed by atoms with Crippen molar-refractivity contribution in [2.45, 2.75) is 50.5 Å². The molecule has 0 saturated carbocycles. The monoisotopic (exact) mass is 528 g/mol. The Morgan fingerprint density at radius 1 is 0.972 bits per heavy atom. The van der Waals surface area contributed by atoms with Gasteiger partial charge in [0, 0.05) is 56.1 Å². The van der Waals surface area contributed by atoms with Crippen LogP contribution in [0.4, 0.5) is 0 Å². The number of hydrogen-bond acceptors (Lipinski definition) is 4. The van der Waals surface area contributed by atoms with Gasteiger partial charge in [-0.05, 0) is 61.9 Å². The fourth-order valence-electron chi connectivity index (χ4n) is 6.15. The van der Waals surface area contributed by atoms with E-state index in [0.717, 1.165) is 63.7 Å². The summed E-state index contributed by atoms with van der Waals surface area (Å²) >= 11 is 0. The van der Waals surface area contributed by atoms with Gasteiger partial charge in [-0.3, -0.25) is 9.78 Å². The highest BCUT2D eigenvalue weighted by Gasteiger charge is 2.48. The topological polar surface area (TPSA) is 62.5 Å². The number of rotatable bonds is 7. The van der Waals surface area contributed by atoms with E-state index >= 15 is 0 Å². The molecule has 1 unspecified atom stereocenters. The van der Waals surface area contributed by atoms with Crippen molar-refractivity contribution in [2.24, 2.45) is 11.1 Å². The number of pyridine rings is 1. The summed E-state index contributed by atoms with van der Waals surface area (Å²) in [5.41, 5.74) is 9.61. The van der Waals surface area contributed by atoms with Gasteiger partial charge in [-0.1, -0.05) is 48.6 Å². The van der Waals surface area contributed by atoms with Crippen LogP contribution in [-0.2, 0) is 16.8 Å². The highest BCUT2D eigenvalue weighted by molar-refractivity contribution is 5.86. The van der Waals surface area contributed by atoms with Gasteiger partial charge in [0.15, 0.2) is 0 Å². The molecule has 2 aliphatic heterocycles. The van der Waals surface area contributed by atoms with Crippen molar-refractivity contribution >= 4 is 30.7 Å². The largest absolute Gasteiger partial charge is 0.375 e. The van der Waals surface area contributed by atoms with E-state index in [9.17, 15) is 4.79 Å². The lowest BCUT2D eigenvalue weighted by Crippen LogP contribution is -2.45. The number of carbonyl (C=O) groups excluding carboxylic acids is 1. The van der Waals surface area contributed by atoms with Crippen molar-refractivity contribution in [1.29, 1.82) is 0 Å². The Balaban J connectivity index is 0.00000180. The highest BCUT2D eigenvalue weighted by atomic mass is 35.5. The Morgan fingerprint density at radius 2 is 1.72 bits per heavy atom. The van der Waals surface area contributed by atoms with Crippen molar-refractivity contribution in [3.05, 3.63) is 89.9 Å². The first kappa shape index (κ1) is 28.2. The average molecular weight is 530 g/mol. The highest BCUT2D eigenvalue weighted by Crippen LogP contribution is 2.45. The lowest BCUT2D eigenvalue weighted by molar-refractivity contribution is -0.138. The van der Waals surface area contributed by atoms with Crippen LogP contribution in [0.1, 0.15) is 49.7 Å². The number of piperidine rings is 1. The molecular formula is C29H38Cl2N4O. The fraction of sp³-hybridized carbons (Fsp3) is 0.448. The van der Waals surface area contributed by atoms with Gasteiger partial charge in [0.2, 0.25) is 5.91 Å². The summed E-state index contributed by atoms with van der Waals surface area (Å²) in [6, 6.07) is 14.9. The number of aromatic nitrogens is 1. The molecule has 2 fully saturated rings. The first-order valence-electron chi connectivity index (χ1n) is 12.7. The molecule has 7 heteroatoms. The molecule has 2 aromatic rings. The number of benzene rings is 1. The molecule has 1 aromatic heterocycles. The van der Waals surface area contributed by atoms with Crippen molar-refractivity contribution < 1.29 is 4.79 Å². The SMILES string of the molecule is Cl.Cl.NCCCC1(c2ccccc2)C=CC=C(N2CCC3(CCN(Cc4cccnc4)C3=O)CC2)C1. The Morgan fingerprint density at radius 3 is 2.42 bits per heavy atom. The summed E-state index contributed by atoms with van der Waals surface area (Å²) < 4.78 is 0. The van der Waals surface area contributed by atoms with E-state index in [1.165, 1.54) is 11.3 Å². The number of amides is 1. The average Bonchev–Trinajstić information content (AvgIpc) is 3.19. The third-order valence-electron chi connectivity index (χ3n) is 8.20. The summed E-state index contributed by atoms with van der Waals surface area (Å²) in [7, 11) is 0. The van der Waals surface area contributed by atoms with E-state index in [-0.39, 0.29) is 35.6 Å². The molecule has 0 bridgehead atoms. The third kappa shape index (κ3) is 5.64. The number of nitrogens with zero attached hydrogens (tertiary/aromatic N) is 3. The lowest BCUT2D eigenvalue weighted by Gasteiger charge is -2.43. The molecule has 1 atom stereocenters. The van der Waals surface area contributed by atoms with E-state index in [0.29, 0.717) is 19.0 Å². The summed E-state index contributed by atoms with van der Waals surface area (Å²) in [5, 5.41) is 0. The Kier molecular flexibility index (Phi) is 9.62. The van der Waals surface area contributed by atoms with Crippen LogP contribution in [-0.4, -0.2) is 46.9 Å². The number of hydrogen-bond donors (Lipinski definition) is 1. The molecule has 1 aliphatic carbocycles. The predicted molar refractivity (Wildman–Crippen MR) is 150 cm³/mol. The van der Waals surface area contributed by atoms with Crippen molar-refractivity contribution in [3.63, 3.8) is 0 Å². The summed E-state index contributed by atoms with van der Waals surface area (Å²) in [6.07, 6.45) is 16.5. The van der Waals surface area contributed by atoms with Crippen LogP contribution in [0.25, 0.3) is 0 Å². The maximum Gasteiger partial charge on any atom is 0.229 e. The Bertz CT molecular complexity index is 1050. The zero-order valence-corrected chi connectivity index (χ0v) is 22.5. The van der Waals surface area contributed by atoms with Gasteiger partial charge in [0.05, 0.1) is 5.41 Å². The fourth-order valence-corrected chi connectivity index (χ4v) is 6.15. The molecule has 2 saturated heterocycles. The molecule has 3 aliphatic rings. The van der Waals surface area contributed by atoms with E-state index in [2.05, 4.69) is 64.5 Å². The second kappa shape index (κ2) is 12.3. The van der Waals surface area contributed by atoms with E-state index in [1.807, 2.05) is 17.2 Å². The van der Waals surface area contributed by atoms with E-state index in [1.54, 1.807) is 6.20 Å². The third-order valence-corrected chi connectivity index (χ3v) is 8.20. The van der Waals surface area contributed by atoms with Crippen molar-refractivity contribution in [1.82, 2.24) is 14.8 Å². The Hall–Kier alpha value is -2.34. The zero-order valence-electron chi connectivity index (χ0n) is 20.9. The minimum Gasteiger partial charge on any atom is -0.375 e. The van der Waals surface area contributed by atoms with Gasteiger partial charge in [0.25, 0.3) is 0 Å². The van der Waals surface area contributed by atoms with Gasteiger partial charge < -0.3 is 15.5 Å². The smallest absolute Gasteiger partial charge is 0.229 e. The Labute approximate surface area is 227 Å². The first-order chi connectivity index (χ1) is 16.6. The van der Waals surface area contributed by atoms with Crippen LogP contribution in [0.15, 0.2) is 78.8 Å². The second-order valence-corrected chi connectivity index (χ2v) is 10.2. The number of nitrogens with two attached hydrogens (primary N) is 1. The van der Waals surface area contributed by atoms with Gasteiger partial charge in [-0.25, -0.2) is 0 Å². The minimum absolute atomic E-state index is 0. The molecule has 3 heterocycles. The summed E-state index contributed by atoms with van der Waals surface area (Å²) in [5.74, 6) is 0.343. The van der Waals surface area contributed by atoms with Crippen molar-refractivity contribution in [3.8, 4) is 0 Å². The maximum atomic E-state index is 13.4. The van der Waals surface area contributed by atoms with Crippen LogP contribution in [0.3, 0.4) is 0 Å². The molecule has 1 spiro atoms. The van der Waals surface area contributed by atoms with Gasteiger partial charge >= 0.3 is 0 Å². The molecule has 2 N–H and O–H groups in total. The molecule has 1 aromatic carbocycles. The van der Waals surface area contributed by atoms with Crippen LogP contribution in [0.2, 0.25) is 0 Å². The molecule has 0 radical (unpaired) electrons. The van der Waals surface area contributed by atoms with Crippen molar-refractivity contribution in [2.75, 3.05) is 26.2 Å². The quantitative estimate of drug-likeness (QED) is 0.532. The van der Waals surface area contributed by atoms with Crippen LogP contribution in [0, 0.1) is 5.41 Å². The van der Waals surface area contributed by atoms with E-state index < -0.39 is 0 Å². The summed E-state index contributed by atoms with van der Waals surface area (Å²) in [4.78, 5) is 22.2. The van der Waals surface area contributed by atoms with Gasteiger partial charge in [0.1, 0.15) is 0 Å². The van der Waals surface area contributed by atoms with E-state index in [4.69, 9.17) is 5.73 Å². The molecule has 1 amide bonds. The molecule has 5 rings (SSSR count). The predicted octanol–water partition coefficient (Wildman–Crippen LogP) is 5.26. The molecule has 194 valence electrons. The van der Waals surface area contributed by atoms with Crippen LogP contribution >= 0.6 is 24.8 Å². The van der Waals surface area contributed by atoms with Crippen LogP contribution in [0.5, 0.6) is 0 Å². The first-order valence-corrected chi connectivity index (χ1v) is 12.7. The lowest BCUT2D eigenvalue weighted by atomic mass is 9.70. The van der Waals surface area contributed by atoms with Crippen LogP contribution < -0.4 is 5.73 Å². The summed E-state index contributed by atoms with van der Waals surface area (Å²) in [6.45, 7) is 4.15. The second-order valence-electron chi connectivity index (χ2n) is 10.2. The van der Waals surface area contributed by atoms with Gasteiger partial charge in [-0.15, -0.1) is 24.8 Å². The number of likely N-dealkylation sites (tertiary alicyclic amines) is 2.